The van der Waals surface area contributed by atoms with E-state index in [0.717, 1.165) is 21.7 Å². The zero-order valence-corrected chi connectivity index (χ0v) is 18.6. The number of ether oxygens (including phenoxy) is 1. The maximum atomic E-state index is 12.7. The number of carbonyl (C=O) groups excluding carboxylic acids is 2. The van der Waals surface area contributed by atoms with Gasteiger partial charge in [-0.2, -0.15) is 0 Å². The molecule has 2 rings (SSSR count). The number of nitrogens with one attached hydrogen (secondary N) is 2. The van der Waals surface area contributed by atoms with Crippen LogP contribution >= 0.6 is 11.8 Å². The summed E-state index contributed by atoms with van der Waals surface area (Å²) in [5, 5.41) is 5.81. The Balaban J connectivity index is 2.17. The van der Waals surface area contributed by atoms with Crippen LogP contribution in [0.15, 0.2) is 47.6 Å². The van der Waals surface area contributed by atoms with Gasteiger partial charge in [0, 0.05) is 27.7 Å². The van der Waals surface area contributed by atoms with Crippen molar-refractivity contribution in [3.05, 3.63) is 53.9 Å². The number of nitrogens with zero attached hydrogens (tertiary/aromatic N) is 1. The highest BCUT2D eigenvalue weighted by Crippen LogP contribution is 2.33. The molecule has 0 aliphatic carbocycles. The van der Waals surface area contributed by atoms with Crippen molar-refractivity contribution in [3.63, 3.8) is 0 Å². The predicted octanol–water partition coefficient (Wildman–Crippen LogP) is 4.88. The van der Waals surface area contributed by atoms with E-state index in [1.165, 1.54) is 7.11 Å². The summed E-state index contributed by atoms with van der Waals surface area (Å²) in [6.07, 6.45) is 3.25. The first kappa shape index (κ1) is 22.7. The lowest BCUT2D eigenvalue weighted by Crippen LogP contribution is -2.47. The van der Waals surface area contributed by atoms with Gasteiger partial charge in [0.1, 0.15) is 0 Å². The Bertz CT molecular complexity index is 865. The molecule has 1 heterocycles. The summed E-state index contributed by atoms with van der Waals surface area (Å²) in [5.41, 5.74) is 1.52. The van der Waals surface area contributed by atoms with E-state index in [9.17, 15) is 9.59 Å². The molecule has 1 aromatic heterocycles. The molecule has 0 aliphatic heterocycles. The third-order valence-corrected chi connectivity index (χ3v) is 5.40. The normalized spacial score (nSPS) is 13.3. The van der Waals surface area contributed by atoms with Crippen LogP contribution in [0.2, 0.25) is 0 Å². The number of amides is 2. The largest absolute Gasteiger partial charge is 0.469 e. The molecule has 1 atom stereocenters. The SMILES string of the molecule is COC(=O)C[C@](C)(NC(=O)Nc1ccc(SC(C)(C)C)cc1C)c1ccncc1. The topological polar surface area (TPSA) is 80.3 Å². The monoisotopic (exact) mass is 415 g/mol. The number of methoxy groups -OCH3 is 1. The van der Waals surface area contributed by atoms with Crippen molar-refractivity contribution < 1.29 is 14.3 Å². The summed E-state index contributed by atoms with van der Waals surface area (Å²) in [6.45, 7) is 10.2. The summed E-state index contributed by atoms with van der Waals surface area (Å²) in [7, 11) is 1.33. The van der Waals surface area contributed by atoms with Crippen LogP contribution in [0.4, 0.5) is 10.5 Å². The van der Waals surface area contributed by atoms with E-state index >= 15 is 0 Å². The first-order valence-corrected chi connectivity index (χ1v) is 10.2. The van der Waals surface area contributed by atoms with E-state index in [-0.39, 0.29) is 11.2 Å². The van der Waals surface area contributed by atoms with Gasteiger partial charge >= 0.3 is 12.0 Å². The van der Waals surface area contributed by atoms with Crippen molar-refractivity contribution in [2.45, 2.75) is 56.2 Å². The molecule has 2 amide bonds. The minimum absolute atomic E-state index is 0.00107. The summed E-state index contributed by atoms with van der Waals surface area (Å²) in [6, 6.07) is 9.09. The Hall–Kier alpha value is -2.54. The highest BCUT2D eigenvalue weighted by Gasteiger charge is 2.32. The second-order valence-electron chi connectivity index (χ2n) is 8.09. The number of hydrogen-bond donors (Lipinski definition) is 2. The average molecular weight is 416 g/mol. The number of hydrogen-bond acceptors (Lipinski definition) is 5. The fourth-order valence-corrected chi connectivity index (χ4v) is 3.98. The van der Waals surface area contributed by atoms with Gasteiger partial charge in [0.2, 0.25) is 0 Å². The van der Waals surface area contributed by atoms with Crippen molar-refractivity contribution in [2.24, 2.45) is 0 Å². The van der Waals surface area contributed by atoms with E-state index in [1.807, 2.05) is 19.1 Å². The molecule has 0 saturated carbocycles. The number of pyridine rings is 1. The van der Waals surface area contributed by atoms with Crippen molar-refractivity contribution in [2.75, 3.05) is 12.4 Å². The van der Waals surface area contributed by atoms with Gasteiger partial charge in [-0.3, -0.25) is 9.78 Å². The Kier molecular flexibility index (Phi) is 7.30. The molecule has 0 bridgehead atoms. The molecular formula is C22H29N3O3S. The second-order valence-corrected chi connectivity index (χ2v) is 9.99. The minimum atomic E-state index is -0.934. The summed E-state index contributed by atoms with van der Waals surface area (Å²) in [4.78, 5) is 29.8. The number of urea groups is 1. The first-order chi connectivity index (χ1) is 13.5. The number of esters is 1. The lowest BCUT2D eigenvalue weighted by molar-refractivity contribution is -0.142. The van der Waals surface area contributed by atoms with E-state index in [2.05, 4.69) is 42.5 Å². The number of rotatable bonds is 6. The zero-order chi connectivity index (χ0) is 21.7. The summed E-state index contributed by atoms with van der Waals surface area (Å²) in [5.74, 6) is -0.413. The molecule has 0 spiro atoms. The molecule has 0 aliphatic rings. The molecule has 0 unspecified atom stereocenters. The van der Waals surface area contributed by atoms with Crippen LogP contribution < -0.4 is 10.6 Å². The molecule has 7 heteroatoms. The lowest BCUT2D eigenvalue weighted by atomic mass is 9.89. The first-order valence-electron chi connectivity index (χ1n) is 9.38. The molecular weight excluding hydrogens is 386 g/mol. The second kappa shape index (κ2) is 9.31. The third-order valence-electron chi connectivity index (χ3n) is 4.30. The Morgan fingerprint density at radius 2 is 1.76 bits per heavy atom. The summed E-state index contributed by atoms with van der Waals surface area (Å²) >= 11 is 1.77. The standard InChI is InChI=1S/C22H29N3O3S/c1-15-13-17(29-21(2,3)4)7-8-18(15)24-20(27)25-22(5,14-19(26)28-6)16-9-11-23-12-10-16/h7-13H,14H2,1-6H3,(H2,24,25,27)/t22-/m0/s1. The van der Waals surface area contributed by atoms with Crippen molar-refractivity contribution in [3.8, 4) is 0 Å². The number of aromatic nitrogens is 1. The highest BCUT2D eigenvalue weighted by molar-refractivity contribution is 8.00. The van der Waals surface area contributed by atoms with Gasteiger partial charge < -0.3 is 15.4 Å². The van der Waals surface area contributed by atoms with Gasteiger partial charge in [-0.1, -0.05) is 20.8 Å². The molecule has 6 nitrogen and oxygen atoms in total. The molecule has 1 aromatic carbocycles. The van der Waals surface area contributed by atoms with Crippen LogP contribution in [-0.4, -0.2) is 28.8 Å². The Morgan fingerprint density at radius 3 is 2.31 bits per heavy atom. The average Bonchev–Trinajstić information content (AvgIpc) is 2.63. The molecule has 0 saturated heterocycles. The van der Waals surface area contributed by atoms with Gasteiger partial charge in [-0.25, -0.2) is 4.79 Å². The Morgan fingerprint density at radius 1 is 1.10 bits per heavy atom. The molecule has 2 aromatic rings. The highest BCUT2D eigenvalue weighted by atomic mass is 32.2. The molecule has 156 valence electrons. The van der Waals surface area contributed by atoms with E-state index in [1.54, 1.807) is 43.2 Å². The van der Waals surface area contributed by atoms with Gasteiger partial charge in [0.05, 0.1) is 19.1 Å². The quantitative estimate of drug-likeness (QED) is 0.519. The predicted molar refractivity (Wildman–Crippen MR) is 117 cm³/mol. The van der Waals surface area contributed by atoms with Crippen LogP contribution in [0.1, 0.15) is 45.2 Å². The smallest absolute Gasteiger partial charge is 0.319 e. The van der Waals surface area contributed by atoms with E-state index < -0.39 is 17.5 Å². The number of benzene rings is 1. The van der Waals surface area contributed by atoms with Gasteiger partial charge in [-0.05, 0) is 55.3 Å². The fraction of sp³-hybridized carbons (Fsp3) is 0.409. The number of anilines is 1. The molecule has 2 N–H and O–H groups in total. The van der Waals surface area contributed by atoms with Crippen molar-refractivity contribution in [1.82, 2.24) is 10.3 Å². The molecule has 0 fully saturated rings. The van der Waals surface area contributed by atoms with Crippen LogP contribution in [0.3, 0.4) is 0 Å². The third kappa shape index (κ3) is 6.78. The van der Waals surface area contributed by atoms with Crippen LogP contribution in [0, 0.1) is 6.92 Å². The van der Waals surface area contributed by atoms with Crippen molar-refractivity contribution >= 4 is 29.4 Å². The summed E-state index contributed by atoms with van der Waals surface area (Å²) < 4.78 is 4.92. The van der Waals surface area contributed by atoms with Crippen molar-refractivity contribution in [1.29, 1.82) is 0 Å². The Labute approximate surface area is 176 Å². The lowest BCUT2D eigenvalue weighted by Gasteiger charge is -2.30. The van der Waals surface area contributed by atoms with E-state index in [4.69, 9.17) is 4.74 Å². The van der Waals surface area contributed by atoms with E-state index in [0.29, 0.717) is 0 Å². The van der Waals surface area contributed by atoms with Gasteiger partial charge in [0.15, 0.2) is 0 Å². The molecule has 29 heavy (non-hydrogen) atoms. The number of carbonyl (C=O) groups is 2. The van der Waals surface area contributed by atoms with Gasteiger partial charge in [-0.15, -0.1) is 11.8 Å². The van der Waals surface area contributed by atoms with Crippen LogP contribution in [-0.2, 0) is 15.1 Å². The fourth-order valence-electron chi connectivity index (χ4n) is 2.90. The van der Waals surface area contributed by atoms with Crippen LogP contribution in [0.5, 0.6) is 0 Å². The maximum absolute atomic E-state index is 12.7. The maximum Gasteiger partial charge on any atom is 0.319 e. The number of aryl methyl sites for hydroxylation is 1. The minimum Gasteiger partial charge on any atom is -0.469 e. The zero-order valence-electron chi connectivity index (χ0n) is 17.8. The van der Waals surface area contributed by atoms with Gasteiger partial charge in [0.25, 0.3) is 0 Å². The molecule has 0 radical (unpaired) electrons. The number of thioether (sulfide) groups is 1. The van der Waals surface area contributed by atoms with Crippen LogP contribution in [0.25, 0.3) is 0 Å².